The van der Waals surface area contributed by atoms with Crippen molar-refractivity contribution in [2.24, 2.45) is 0 Å². The SMILES string of the molecule is CCc1ccc([C@H]2c3cccn3-c3sc4c(c3CN2C(=O)NCCCOC)CCCC4)cc1. The molecule has 0 fully saturated rings. The summed E-state index contributed by atoms with van der Waals surface area (Å²) in [5.41, 5.74) is 6.45. The zero-order valence-corrected chi connectivity index (χ0v) is 20.4. The Morgan fingerprint density at radius 3 is 2.76 bits per heavy atom. The van der Waals surface area contributed by atoms with Crippen molar-refractivity contribution in [3.8, 4) is 5.00 Å². The van der Waals surface area contributed by atoms with Gasteiger partial charge in [0.2, 0.25) is 0 Å². The van der Waals surface area contributed by atoms with Gasteiger partial charge < -0.3 is 19.5 Å². The number of ether oxygens (including phenoxy) is 1. The van der Waals surface area contributed by atoms with Crippen LogP contribution in [-0.2, 0) is 30.5 Å². The smallest absolute Gasteiger partial charge is 0.318 e. The van der Waals surface area contributed by atoms with E-state index in [0.717, 1.165) is 36.9 Å². The van der Waals surface area contributed by atoms with Crippen molar-refractivity contribution in [1.29, 1.82) is 0 Å². The molecule has 0 unspecified atom stereocenters. The quantitative estimate of drug-likeness (QED) is 0.482. The third kappa shape index (κ3) is 4.22. The van der Waals surface area contributed by atoms with Crippen molar-refractivity contribution in [3.63, 3.8) is 0 Å². The fourth-order valence-electron chi connectivity index (χ4n) is 5.19. The Labute approximate surface area is 200 Å². The number of nitrogens with one attached hydrogen (secondary N) is 1. The summed E-state index contributed by atoms with van der Waals surface area (Å²) in [5.74, 6) is 0. The van der Waals surface area contributed by atoms with Crippen LogP contribution < -0.4 is 5.32 Å². The Bertz CT molecular complexity index is 1120. The van der Waals surface area contributed by atoms with Gasteiger partial charge >= 0.3 is 6.03 Å². The van der Waals surface area contributed by atoms with Gasteiger partial charge in [0.05, 0.1) is 18.3 Å². The number of urea groups is 1. The highest BCUT2D eigenvalue weighted by Crippen LogP contribution is 2.44. The third-order valence-corrected chi connectivity index (χ3v) is 8.28. The van der Waals surface area contributed by atoms with Crippen LogP contribution in [0.5, 0.6) is 0 Å². The van der Waals surface area contributed by atoms with E-state index < -0.39 is 0 Å². The molecule has 0 bridgehead atoms. The van der Waals surface area contributed by atoms with Gasteiger partial charge in [0.1, 0.15) is 5.00 Å². The number of fused-ring (bicyclic) bond motifs is 5. The summed E-state index contributed by atoms with van der Waals surface area (Å²) in [4.78, 5) is 17.2. The maximum atomic E-state index is 13.6. The standard InChI is InChI=1S/C27H33N3O2S/c1-3-19-11-13-20(14-12-19)25-23-9-6-16-29(23)26-22(21-8-4-5-10-24(21)33-26)18-30(25)27(31)28-15-7-17-32-2/h6,9,11-14,16,25H,3-5,7-8,10,15,17-18H2,1-2H3,(H,28,31)/t25-/m0/s1. The van der Waals surface area contributed by atoms with E-state index in [1.54, 1.807) is 7.11 Å². The van der Waals surface area contributed by atoms with Crippen LogP contribution in [0.15, 0.2) is 42.6 Å². The second-order valence-corrected chi connectivity index (χ2v) is 10.1. The number of carbonyl (C=O) groups excluding carboxylic acids is 1. The highest BCUT2D eigenvalue weighted by Gasteiger charge is 2.35. The maximum Gasteiger partial charge on any atom is 0.318 e. The second-order valence-electron chi connectivity index (χ2n) is 9.00. The normalized spacial score (nSPS) is 17.2. The van der Waals surface area contributed by atoms with Crippen LogP contribution in [0, 0.1) is 0 Å². The number of aromatic nitrogens is 1. The molecule has 3 heterocycles. The summed E-state index contributed by atoms with van der Waals surface area (Å²) in [6.45, 7) is 4.07. The minimum absolute atomic E-state index is 0.00738. The van der Waals surface area contributed by atoms with Crippen molar-refractivity contribution >= 4 is 17.4 Å². The van der Waals surface area contributed by atoms with E-state index in [1.807, 2.05) is 16.2 Å². The van der Waals surface area contributed by atoms with Gasteiger partial charge in [0.25, 0.3) is 0 Å². The molecular formula is C27H33N3O2S. The first-order chi connectivity index (χ1) is 16.2. The molecule has 1 N–H and O–H groups in total. The van der Waals surface area contributed by atoms with E-state index in [9.17, 15) is 4.79 Å². The first-order valence-corrected chi connectivity index (χ1v) is 13.0. The van der Waals surface area contributed by atoms with Crippen LogP contribution in [0.4, 0.5) is 4.79 Å². The van der Waals surface area contributed by atoms with Gasteiger partial charge in [0, 0.05) is 36.9 Å². The fraction of sp³-hybridized carbons (Fsp3) is 0.444. The number of hydrogen-bond donors (Lipinski definition) is 1. The number of thiophene rings is 1. The van der Waals surface area contributed by atoms with Crippen LogP contribution in [-0.4, -0.2) is 35.8 Å². The molecule has 1 aromatic carbocycles. The molecule has 2 amide bonds. The lowest BCUT2D eigenvalue weighted by atomic mass is 9.95. The Hall–Kier alpha value is -2.57. The zero-order chi connectivity index (χ0) is 22.8. The van der Waals surface area contributed by atoms with E-state index in [2.05, 4.69) is 59.4 Å². The minimum Gasteiger partial charge on any atom is -0.385 e. The molecule has 33 heavy (non-hydrogen) atoms. The van der Waals surface area contributed by atoms with E-state index in [-0.39, 0.29) is 12.1 Å². The highest BCUT2D eigenvalue weighted by molar-refractivity contribution is 7.15. The molecule has 0 saturated heterocycles. The molecular weight excluding hydrogens is 430 g/mol. The fourth-order valence-corrected chi connectivity index (χ4v) is 6.59. The molecule has 174 valence electrons. The first kappa shape index (κ1) is 22.2. The van der Waals surface area contributed by atoms with E-state index in [0.29, 0.717) is 19.7 Å². The van der Waals surface area contributed by atoms with Crippen LogP contribution in [0.1, 0.15) is 65.1 Å². The average Bonchev–Trinajstić information content (AvgIpc) is 3.44. The van der Waals surface area contributed by atoms with Crippen molar-refractivity contribution in [3.05, 3.63) is 75.4 Å². The summed E-state index contributed by atoms with van der Waals surface area (Å²) in [6, 6.07) is 12.9. The molecule has 1 aliphatic carbocycles. The predicted molar refractivity (Wildman–Crippen MR) is 133 cm³/mol. The Morgan fingerprint density at radius 2 is 1.97 bits per heavy atom. The number of hydrogen-bond acceptors (Lipinski definition) is 3. The minimum atomic E-state index is -0.132. The number of aryl methyl sites for hydroxylation is 2. The topological polar surface area (TPSA) is 46.5 Å². The van der Waals surface area contributed by atoms with Crippen molar-refractivity contribution in [2.75, 3.05) is 20.3 Å². The van der Waals surface area contributed by atoms with Crippen molar-refractivity contribution in [1.82, 2.24) is 14.8 Å². The summed E-state index contributed by atoms with van der Waals surface area (Å²) in [6.07, 6.45) is 8.77. The second kappa shape index (κ2) is 9.74. The van der Waals surface area contributed by atoms with Crippen LogP contribution in [0.3, 0.4) is 0 Å². The van der Waals surface area contributed by atoms with Gasteiger partial charge in [-0.3, -0.25) is 0 Å². The highest BCUT2D eigenvalue weighted by atomic mass is 32.1. The molecule has 2 aromatic heterocycles. The van der Waals surface area contributed by atoms with Gasteiger partial charge in [-0.2, -0.15) is 0 Å². The molecule has 1 aliphatic heterocycles. The molecule has 2 aliphatic rings. The molecule has 5 nitrogen and oxygen atoms in total. The Morgan fingerprint density at radius 1 is 1.15 bits per heavy atom. The number of benzene rings is 1. The molecule has 6 heteroatoms. The molecule has 0 radical (unpaired) electrons. The maximum absolute atomic E-state index is 13.6. The Kier molecular flexibility index (Phi) is 6.56. The lowest BCUT2D eigenvalue weighted by Crippen LogP contribution is -2.42. The number of nitrogens with zero attached hydrogens (tertiary/aromatic N) is 2. The van der Waals surface area contributed by atoms with E-state index in [1.165, 1.54) is 39.4 Å². The van der Waals surface area contributed by atoms with Crippen molar-refractivity contribution < 1.29 is 9.53 Å². The largest absolute Gasteiger partial charge is 0.385 e. The van der Waals surface area contributed by atoms with Gasteiger partial charge in [-0.05, 0) is 67.3 Å². The molecule has 0 saturated carbocycles. The van der Waals surface area contributed by atoms with Crippen LogP contribution in [0.25, 0.3) is 5.00 Å². The summed E-state index contributed by atoms with van der Waals surface area (Å²) in [7, 11) is 1.70. The molecule has 0 spiro atoms. The Balaban J connectivity index is 1.58. The summed E-state index contributed by atoms with van der Waals surface area (Å²) in [5, 5.41) is 4.46. The monoisotopic (exact) mass is 463 g/mol. The molecule has 5 rings (SSSR count). The van der Waals surface area contributed by atoms with Gasteiger partial charge in [-0.25, -0.2) is 4.79 Å². The van der Waals surface area contributed by atoms with Crippen molar-refractivity contribution in [2.45, 2.75) is 58.0 Å². The number of carbonyl (C=O) groups is 1. The lowest BCUT2D eigenvalue weighted by molar-refractivity contribution is 0.174. The lowest BCUT2D eigenvalue weighted by Gasteiger charge is -2.31. The zero-order valence-electron chi connectivity index (χ0n) is 19.6. The first-order valence-electron chi connectivity index (χ1n) is 12.1. The van der Waals surface area contributed by atoms with E-state index >= 15 is 0 Å². The summed E-state index contributed by atoms with van der Waals surface area (Å²) < 4.78 is 7.51. The van der Waals surface area contributed by atoms with Gasteiger partial charge in [-0.15, -0.1) is 11.3 Å². The number of rotatable bonds is 6. The van der Waals surface area contributed by atoms with E-state index in [4.69, 9.17) is 4.74 Å². The van der Waals surface area contributed by atoms with Crippen LogP contribution in [0.2, 0.25) is 0 Å². The molecule has 1 atom stereocenters. The number of amides is 2. The summed E-state index contributed by atoms with van der Waals surface area (Å²) >= 11 is 1.93. The van der Waals surface area contributed by atoms with Gasteiger partial charge in [-0.1, -0.05) is 31.2 Å². The predicted octanol–water partition coefficient (Wildman–Crippen LogP) is 5.63. The third-order valence-electron chi connectivity index (χ3n) is 6.94. The molecule has 3 aromatic rings. The van der Waals surface area contributed by atoms with Crippen LogP contribution >= 0.6 is 11.3 Å². The number of methoxy groups -OCH3 is 1. The average molecular weight is 464 g/mol. The van der Waals surface area contributed by atoms with Gasteiger partial charge in [0.15, 0.2) is 0 Å².